The zero-order chi connectivity index (χ0) is 22.3. The maximum absolute atomic E-state index is 12.6. The number of carbonyl (C=O) groups is 3. The maximum atomic E-state index is 12.6. The molecule has 1 saturated heterocycles. The van der Waals surface area contributed by atoms with Crippen LogP contribution in [-0.4, -0.2) is 63.5 Å². The fraction of sp³-hybridized carbons (Fsp3) is 0.545. The smallest absolute Gasteiger partial charge is 0.410 e. The van der Waals surface area contributed by atoms with Crippen LogP contribution in [0.15, 0.2) is 24.3 Å². The van der Waals surface area contributed by atoms with Crippen molar-refractivity contribution >= 4 is 28.9 Å². The summed E-state index contributed by atoms with van der Waals surface area (Å²) in [6.07, 6.45) is 0.331. The summed E-state index contributed by atoms with van der Waals surface area (Å²) in [5, 5.41) is 5.66. The van der Waals surface area contributed by atoms with Crippen LogP contribution in [0.25, 0.3) is 11.0 Å². The Kier molecular flexibility index (Phi) is 5.36. The summed E-state index contributed by atoms with van der Waals surface area (Å²) in [5.41, 5.74) is 1.29. The van der Waals surface area contributed by atoms with Gasteiger partial charge in [-0.05, 0) is 46.2 Å². The Morgan fingerprint density at radius 3 is 2.61 bits per heavy atom. The SMILES string of the molecule is CC(NC(=O)C1CC1c1nc2ccccc2[nH]1)C(=O)NC1CN(C(=O)OC(C)(C)C)C1. The molecule has 9 heteroatoms. The molecule has 3 amide bonds. The topological polar surface area (TPSA) is 116 Å². The zero-order valence-corrected chi connectivity index (χ0v) is 18.3. The Morgan fingerprint density at radius 2 is 1.94 bits per heavy atom. The molecule has 1 aliphatic carbocycles. The van der Waals surface area contributed by atoms with E-state index in [2.05, 4.69) is 20.6 Å². The lowest BCUT2D eigenvalue weighted by molar-refractivity contribution is -0.130. The van der Waals surface area contributed by atoms with E-state index < -0.39 is 11.6 Å². The van der Waals surface area contributed by atoms with Gasteiger partial charge in [0.15, 0.2) is 0 Å². The minimum Gasteiger partial charge on any atom is -0.444 e. The number of carbonyl (C=O) groups excluding carboxylic acids is 3. The second-order valence-corrected chi connectivity index (χ2v) is 9.41. The molecule has 0 bridgehead atoms. The molecule has 3 unspecified atom stereocenters. The van der Waals surface area contributed by atoms with Crippen LogP contribution >= 0.6 is 0 Å². The number of hydrogen-bond acceptors (Lipinski definition) is 5. The number of nitrogens with one attached hydrogen (secondary N) is 3. The van der Waals surface area contributed by atoms with Gasteiger partial charge in [-0.1, -0.05) is 12.1 Å². The molecule has 0 spiro atoms. The van der Waals surface area contributed by atoms with Gasteiger partial charge in [0.05, 0.1) is 17.1 Å². The molecule has 9 nitrogen and oxygen atoms in total. The number of fused-ring (bicyclic) bond motifs is 1. The maximum Gasteiger partial charge on any atom is 0.410 e. The Balaban J connectivity index is 1.21. The quantitative estimate of drug-likeness (QED) is 0.674. The first-order valence-corrected chi connectivity index (χ1v) is 10.6. The van der Waals surface area contributed by atoms with E-state index in [1.807, 2.05) is 45.0 Å². The predicted molar refractivity (Wildman–Crippen MR) is 114 cm³/mol. The number of ether oxygens (including phenoxy) is 1. The number of amides is 3. The van der Waals surface area contributed by atoms with Gasteiger partial charge in [0.2, 0.25) is 11.8 Å². The highest BCUT2D eigenvalue weighted by molar-refractivity contribution is 5.90. The predicted octanol–water partition coefficient (Wildman–Crippen LogP) is 1.91. The van der Waals surface area contributed by atoms with Crippen molar-refractivity contribution in [1.82, 2.24) is 25.5 Å². The standard InChI is InChI=1S/C22H29N5O4/c1-12(19(28)24-13-10-27(11-13)21(30)31-22(2,3)4)23-20(29)15-9-14(15)18-25-16-7-5-6-8-17(16)26-18/h5-8,12-15H,9-11H2,1-4H3,(H,23,29)(H,24,28)(H,25,26). The van der Waals surface area contributed by atoms with Crippen molar-refractivity contribution in [3.63, 3.8) is 0 Å². The third kappa shape index (κ3) is 4.81. The van der Waals surface area contributed by atoms with Crippen LogP contribution in [0.5, 0.6) is 0 Å². The number of rotatable bonds is 5. The average Bonchev–Trinajstić information content (AvgIpc) is 3.34. The number of aromatic amines is 1. The lowest BCUT2D eigenvalue weighted by Crippen LogP contribution is -2.63. The number of para-hydroxylation sites is 2. The summed E-state index contributed by atoms with van der Waals surface area (Å²) in [7, 11) is 0. The molecule has 1 aliphatic heterocycles. The van der Waals surface area contributed by atoms with E-state index in [1.165, 1.54) is 0 Å². The van der Waals surface area contributed by atoms with Crippen LogP contribution in [-0.2, 0) is 14.3 Å². The normalized spacial score (nSPS) is 21.9. The van der Waals surface area contributed by atoms with E-state index in [0.717, 1.165) is 16.9 Å². The fourth-order valence-electron chi connectivity index (χ4n) is 3.69. The Hall–Kier alpha value is -3.10. The second kappa shape index (κ2) is 7.86. The van der Waals surface area contributed by atoms with Crippen molar-refractivity contribution < 1.29 is 19.1 Å². The van der Waals surface area contributed by atoms with Gasteiger partial charge >= 0.3 is 6.09 Å². The van der Waals surface area contributed by atoms with E-state index in [0.29, 0.717) is 19.5 Å². The third-order valence-corrected chi connectivity index (χ3v) is 5.52. The zero-order valence-electron chi connectivity index (χ0n) is 18.3. The van der Waals surface area contributed by atoms with Gasteiger partial charge < -0.3 is 25.3 Å². The van der Waals surface area contributed by atoms with Gasteiger partial charge in [0.1, 0.15) is 17.5 Å². The molecule has 2 aliphatic rings. The van der Waals surface area contributed by atoms with E-state index in [4.69, 9.17) is 4.74 Å². The molecule has 3 N–H and O–H groups in total. The largest absolute Gasteiger partial charge is 0.444 e. The first-order chi connectivity index (χ1) is 14.6. The highest BCUT2D eigenvalue weighted by Crippen LogP contribution is 2.46. The third-order valence-electron chi connectivity index (χ3n) is 5.52. The lowest BCUT2D eigenvalue weighted by atomic mass is 10.1. The second-order valence-electron chi connectivity index (χ2n) is 9.41. The van der Waals surface area contributed by atoms with Crippen molar-refractivity contribution in [3.8, 4) is 0 Å². The van der Waals surface area contributed by atoms with E-state index >= 15 is 0 Å². The van der Waals surface area contributed by atoms with E-state index in [1.54, 1.807) is 11.8 Å². The van der Waals surface area contributed by atoms with Crippen LogP contribution in [0.2, 0.25) is 0 Å². The molecule has 0 radical (unpaired) electrons. The molecule has 31 heavy (non-hydrogen) atoms. The molecular weight excluding hydrogens is 398 g/mol. The summed E-state index contributed by atoms with van der Waals surface area (Å²) >= 11 is 0. The fourth-order valence-corrected chi connectivity index (χ4v) is 3.69. The van der Waals surface area contributed by atoms with Crippen LogP contribution in [0, 0.1) is 5.92 Å². The van der Waals surface area contributed by atoms with Crippen molar-refractivity contribution in [1.29, 1.82) is 0 Å². The first-order valence-electron chi connectivity index (χ1n) is 10.6. The number of likely N-dealkylation sites (tertiary alicyclic amines) is 1. The first kappa shape index (κ1) is 21.1. The van der Waals surface area contributed by atoms with Crippen LogP contribution in [0.3, 0.4) is 0 Å². The molecule has 166 valence electrons. The molecule has 1 aromatic carbocycles. The van der Waals surface area contributed by atoms with Gasteiger partial charge in [0, 0.05) is 24.9 Å². The lowest BCUT2D eigenvalue weighted by Gasteiger charge is -2.40. The molecule has 3 atom stereocenters. The van der Waals surface area contributed by atoms with Crippen LogP contribution in [0.4, 0.5) is 4.79 Å². The van der Waals surface area contributed by atoms with E-state index in [9.17, 15) is 14.4 Å². The Bertz CT molecular complexity index is 972. The average molecular weight is 428 g/mol. The van der Waals surface area contributed by atoms with Crippen molar-refractivity contribution in [2.75, 3.05) is 13.1 Å². The summed E-state index contributed by atoms with van der Waals surface area (Å²) in [6.45, 7) is 7.90. The van der Waals surface area contributed by atoms with Crippen molar-refractivity contribution in [2.45, 2.75) is 57.7 Å². The summed E-state index contributed by atoms with van der Waals surface area (Å²) in [6, 6.07) is 6.97. The van der Waals surface area contributed by atoms with Crippen molar-refractivity contribution in [3.05, 3.63) is 30.1 Å². The molecule has 2 heterocycles. The molecule has 1 saturated carbocycles. The number of H-pyrrole nitrogens is 1. The monoisotopic (exact) mass is 427 g/mol. The molecule has 1 aromatic heterocycles. The van der Waals surface area contributed by atoms with Gasteiger partial charge in [-0.15, -0.1) is 0 Å². The minimum atomic E-state index is -0.653. The molecule has 4 rings (SSSR count). The summed E-state index contributed by atoms with van der Waals surface area (Å²) in [4.78, 5) is 46.3. The minimum absolute atomic E-state index is 0.0525. The number of imidazole rings is 1. The van der Waals surface area contributed by atoms with E-state index in [-0.39, 0.29) is 35.8 Å². The number of hydrogen-bond donors (Lipinski definition) is 3. The van der Waals surface area contributed by atoms with Crippen molar-refractivity contribution in [2.24, 2.45) is 5.92 Å². The van der Waals surface area contributed by atoms with Gasteiger partial charge in [-0.25, -0.2) is 9.78 Å². The summed E-state index contributed by atoms with van der Waals surface area (Å²) in [5.74, 6) is 0.286. The number of nitrogens with zero attached hydrogens (tertiary/aromatic N) is 2. The highest BCUT2D eigenvalue weighted by Gasteiger charge is 2.46. The van der Waals surface area contributed by atoms with Gasteiger partial charge in [-0.2, -0.15) is 0 Å². The summed E-state index contributed by atoms with van der Waals surface area (Å²) < 4.78 is 5.30. The van der Waals surface area contributed by atoms with Gasteiger partial charge in [0.25, 0.3) is 0 Å². The Morgan fingerprint density at radius 1 is 1.23 bits per heavy atom. The molecular formula is C22H29N5O4. The highest BCUT2D eigenvalue weighted by atomic mass is 16.6. The van der Waals surface area contributed by atoms with Gasteiger partial charge in [-0.3, -0.25) is 9.59 Å². The molecule has 2 fully saturated rings. The number of aromatic nitrogens is 2. The number of benzene rings is 1. The van der Waals surface area contributed by atoms with Crippen LogP contribution in [0.1, 0.15) is 45.9 Å². The molecule has 2 aromatic rings. The Labute approximate surface area is 180 Å². The van der Waals surface area contributed by atoms with Crippen LogP contribution < -0.4 is 10.6 Å².